The summed E-state index contributed by atoms with van der Waals surface area (Å²) in [6, 6.07) is 12.2. The molecule has 4 heteroatoms. The second kappa shape index (κ2) is 5.29. The van der Waals surface area contributed by atoms with Crippen molar-refractivity contribution in [2.45, 2.75) is 19.3 Å². The lowest BCUT2D eigenvalue weighted by Gasteiger charge is -2.09. The minimum Gasteiger partial charge on any atom is -0.478 e. The van der Waals surface area contributed by atoms with Gasteiger partial charge < -0.3 is 9.84 Å². The number of ether oxygens (including phenoxy) is 1. The van der Waals surface area contributed by atoms with Gasteiger partial charge in [0.25, 0.3) is 0 Å². The Balaban J connectivity index is 1.91. The molecule has 0 radical (unpaired) electrons. The highest BCUT2D eigenvalue weighted by molar-refractivity contribution is 5.88. The molecule has 0 aromatic heterocycles. The van der Waals surface area contributed by atoms with Gasteiger partial charge in [0.05, 0.1) is 11.1 Å². The number of nitrogens with zero attached hydrogens (tertiary/aromatic N) is 1. The van der Waals surface area contributed by atoms with Crippen molar-refractivity contribution in [1.29, 1.82) is 5.26 Å². The summed E-state index contributed by atoms with van der Waals surface area (Å²) in [5, 5.41) is 18.1. The van der Waals surface area contributed by atoms with Crippen molar-refractivity contribution in [2.75, 3.05) is 0 Å². The maximum absolute atomic E-state index is 10.9. The first-order valence-electron chi connectivity index (χ1n) is 6.74. The van der Waals surface area contributed by atoms with Gasteiger partial charge >= 0.3 is 5.97 Å². The zero-order valence-corrected chi connectivity index (χ0v) is 11.3. The van der Waals surface area contributed by atoms with Crippen LogP contribution in [0.4, 0.5) is 0 Å². The van der Waals surface area contributed by atoms with Gasteiger partial charge in [-0.3, -0.25) is 0 Å². The van der Waals surface area contributed by atoms with Crippen molar-refractivity contribution in [2.24, 2.45) is 0 Å². The fourth-order valence-electron chi connectivity index (χ4n) is 2.58. The second-order valence-corrected chi connectivity index (χ2v) is 5.01. The number of carboxylic acids is 1. The van der Waals surface area contributed by atoms with Gasteiger partial charge in [0.2, 0.25) is 0 Å². The van der Waals surface area contributed by atoms with Crippen LogP contribution in [0.5, 0.6) is 11.5 Å². The molecule has 21 heavy (non-hydrogen) atoms. The third-order valence-corrected chi connectivity index (χ3v) is 3.64. The number of aromatic carboxylic acids is 1. The molecule has 0 heterocycles. The van der Waals surface area contributed by atoms with E-state index in [-0.39, 0.29) is 11.1 Å². The maximum Gasteiger partial charge on any atom is 0.335 e. The zero-order chi connectivity index (χ0) is 14.8. The Labute approximate surface area is 122 Å². The van der Waals surface area contributed by atoms with E-state index in [9.17, 15) is 4.79 Å². The van der Waals surface area contributed by atoms with Gasteiger partial charge in [-0.05, 0) is 60.7 Å². The van der Waals surface area contributed by atoms with Crippen molar-refractivity contribution in [3.05, 3.63) is 58.7 Å². The van der Waals surface area contributed by atoms with Gasteiger partial charge in [-0.15, -0.1) is 0 Å². The molecule has 4 nitrogen and oxygen atoms in total. The van der Waals surface area contributed by atoms with E-state index in [4.69, 9.17) is 15.1 Å². The van der Waals surface area contributed by atoms with Crippen LogP contribution in [0.2, 0.25) is 0 Å². The van der Waals surface area contributed by atoms with E-state index < -0.39 is 5.97 Å². The highest BCUT2D eigenvalue weighted by atomic mass is 16.5. The molecule has 0 saturated carbocycles. The molecule has 0 bridgehead atoms. The predicted octanol–water partition coefficient (Wildman–Crippen LogP) is 3.54. The summed E-state index contributed by atoms with van der Waals surface area (Å²) in [6.07, 6.45) is 3.32. The summed E-state index contributed by atoms with van der Waals surface area (Å²) < 4.78 is 5.74. The molecule has 3 rings (SSSR count). The van der Waals surface area contributed by atoms with Gasteiger partial charge in [-0.25, -0.2) is 4.79 Å². The van der Waals surface area contributed by atoms with Crippen molar-refractivity contribution in [3.63, 3.8) is 0 Å². The molecule has 1 aliphatic rings. The van der Waals surface area contributed by atoms with Crippen LogP contribution in [0.25, 0.3) is 0 Å². The molecule has 104 valence electrons. The van der Waals surface area contributed by atoms with Gasteiger partial charge in [-0.1, -0.05) is 6.07 Å². The minimum atomic E-state index is -1.06. The summed E-state index contributed by atoms with van der Waals surface area (Å²) in [6.45, 7) is 0. The molecule has 0 aliphatic heterocycles. The minimum absolute atomic E-state index is 0.0767. The summed E-state index contributed by atoms with van der Waals surface area (Å²) in [5.41, 5.74) is 2.93. The molecule has 0 atom stereocenters. The lowest BCUT2D eigenvalue weighted by Crippen LogP contribution is -1.98. The predicted molar refractivity (Wildman–Crippen MR) is 76.7 cm³/mol. The number of carboxylic acid groups (broad SMARTS) is 1. The Morgan fingerprint density at radius 2 is 1.95 bits per heavy atom. The number of aryl methyl sites for hydroxylation is 2. The molecule has 0 spiro atoms. The van der Waals surface area contributed by atoms with Gasteiger partial charge in [0.1, 0.15) is 17.6 Å². The van der Waals surface area contributed by atoms with E-state index in [1.54, 1.807) is 0 Å². The topological polar surface area (TPSA) is 70.3 Å². The summed E-state index contributed by atoms with van der Waals surface area (Å²) in [7, 11) is 0. The molecule has 0 amide bonds. The van der Waals surface area contributed by atoms with E-state index in [1.165, 1.54) is 29.3 Å². The molecule has 0 unspecified atom stereocenters. The SMILES string of the molecule is N#Cc1cc(C(=O)O)ccc1Oc1ccc2c(c1)CCC2. The number of carbonyl (C=O) groups is 1. The fraction of sp³-hybridized carbons (Fsp3) is 0.176. The standard InChI is InChI=1S/C17H13NO3/c18-10-14-8-13(17(19)20)5-7-16(14)21-15-6-4-11-2-1-3-12(11)9-15/h4-9H,1-3H2,(H,19,20). The van der Waals surface area contributed by atoms with Gasteiger partial charge in [0.15, 0.2) is 0 Å². The second-order valence-electron chi connectivity index (χ2n) is 5.01. The number of hydrogen-bond donors (Lipinski definition) is 1. The Morgan fingerprint density at radius 1 is 1.14 bits per heavy atom. The largest absolute Gasteiger partial charge is 0.478 e. The Bertz CT molecular complexity index is 759. The fourth-order valence-corrected chi connectivity index (χ4v) is 2.58. The van der Waals surface area contributed by atoms with Crippen LogP contribution in [0.1, 0.15) is 33.5 Å². The molecule has 0 fully saturated rings. The molecule has 1 aliphatic carbocycles. The van der Waals surface area contributed by atoms with Crippen LogP contribution in [-0.4, -0.2) is 11.1 Å². The molecule has 0 saturated heterocycles. The van der Waals surface area contributed by atoms with Crippen LogP contribution in [0.15, 0.2) is 36.4 Å². The van der Waals surface area contributed by atoms with Crippen LogP contribution in [-0.2, 0) is 12.8 Å². The lowest BCUT2D eigenvalue weighted by molar-refractivity contribution is 0.0697. The van der Waals surface area contributed by atoms with Gasteiger partial charge in [0, 0.05) is 0 Å². The average Bonchev–Trinajstić information content (AvgIpc) is 2.95. The monoisotopic (exact) mass is 279 g/mol. The van der Waals surface area contributed by atoms with Crippen molar-refractivity contribution in [3.8, 4) is 17.6 Å². The zero-order valence-electron chi connectivity index (χ0n) is 11.3. The lowest BCUT2D eigenvalue weighted by atomic mass is 10.1. The molecular weight excluding hydrogens is 266 g/mol. The first kappa shape index (κ1) is 13.2. The third-order valence-electron chi connectivity index (χ3n) is 3.64. The van der Waals surface area contributed by atoms with Crippen LogP contribution >= 0.6 is 0 Å². The Morgan fingerprint density at radius 3 is 2.71 bits per heavy atom. The quantitative estimate of drug-likeness (QED) is 0.932. The smallest absolute Gasteiger partial charge is 0.335 e. The molecule has 1 N–H and O–H groups in total. The van der Waals surface area contributed by atoms with E-state index in [0.29, 0.717) is 11.5 Å². The highest BCUT2D eigenvalue weighted by Crippen LogP contribution is 2.30. The van der Waals surface area contributed by atoms with Crippen LogP contribution in [0, 0.1) is 11.3 Å². The van der Waals surface area contributed by atoms with Crippen molar-refractivity contribution in [1.82, 2.24) is 0 Å². The van der Waals surface area contributed by atoms with E-state index in [1.807, 2.05) is 18.2 Å². The summed E-state index contributed by atoms with van der Waals surface area (Å²) >= 11 is 0. The number of rotatable bonds is 3. The van der Waals surface area contributed by atoms with E-state index in [2.05, 4.69) is 6.07 Å². The molecular formula is C17H13NO3. The Kier molecular flexibility index (Phi) is 3.33. The number of hydrogen-bond acceptors (Lipinski definition) is 3. The van der Waals surface area contributed by atoms with E-state index in [0.717, 1.165) is 19.3 Å². The molecule has 2 aromatic rings. The normalized spacial score (nSPS) is 12.5. The highest BCUT2D eigenvalue weighted by Gasteiger charge is 2.13. The van der Waals surface area contributed by atoms with Crippen molar-refractivity contribution >= 4 is 5.97 Å². The van der Waals surface area contributed by atoms with Crippen LogP contribution < -0.4 is 4.74 Å². The first-order chi connectivity index (χ1) is 10.2. The number of nitriles is 1. The number of fused-ring (bicyclic) bond motifs is 1. The first-order valence-corrected chi connectivity index (χ1v) is 6.74. The maximum atomic E-state index is 10.9. The van der Waals surface area contributed by atoms with Crippen molar-refractivity contribution < 1.29 is 14.6 Å². The number of benzene rings is 2. The summed E-state index contributed by atoms with van der Waals surface area (Å²) in [5.74, 6) is -0.00810. The Hall–Kier alpha value is -2.80. The third kappa shape index (κ3) is 2.59. The van der Waals surface area contributed by atoms with Crippen LogP contribution in [0.3, 0.4) is 0 Å². The average molecular weight is 279 g/mol. The molecule has 2 aromatic carbocycles. The van der Waals surface area contributed by atoms with E-state index >= 15 is 0 Å². The summed E-state index contributed by atoms with van der Waals surface area (Å²) in [4.78, 5) is 10.9. The van der Waals surface area contributed by atoms with Gasteiger partial charge in [-0.2, -0.15) is 5.26 Å².